The lowest BCUT2D eigenvalue weighted by Gasteiger charge is -2.31. The minimum absolute atomic E-state index is 0.0672. The third kappa shape index (κ3) is 4.77. The summed E-state index contributed by atoms with van der Waals surface area (Å²) in [6.07, 6.45) is 3.65. The standard InChI is InChI=1S/C35H27ClN2O3S/c1-40-30-16-7-5-14-27(30)33-28-18-17-23-10-2-4-13-26(23)32(28)37-35-38(33)34(39)31(42-35)20-22-9-8-12-25(19-22)41-21-24-11-3-6-15-29(24)36/h2-16,19-20,33H,17-18,21H2,1H3/b31-20-. The molecule has 0 saturated heterocycles. The molecule has 1 atom stereocenters. The Morgan fingerprint density at radius 2 is 1.79 bits per heavy atom. The third-order valence-corrected chi connectivity index (χ3v) is 9.17. The molecule has 0 radical (unpaired) electrons. The molecule has 42 heavy (non-hydrogen) atoms. The summed E-state index contributed by atoms with van der Waals surface area (Å²) in [4.78, 5) is 19.9. The number of hydrogen-bond donors (Lipinski definition) is 0. The normalized spacial score (nSPS) is 15.9. The van der Waals surface area contributed by atoms with Crippen molar-refractivity contribution in [2.45, 2.75) is 25.5 Å². The monoisotopic (exact) mass is 590 g/mol. The van der Waals surface area contributed by atoms with Crippen LogP contribution in [0.1, 0.15) is 40.3 Å². The minimum atomic E-state index is -0.298. The Morgan fingerprint density at radius 3 is 2.67 bits per heavy atom. The van der Waals surface area contributed by atoms with E-state index in [2.05, 4.69) is 30.3 Å². The van der Waals surface area contributed by atoms with Gasteiger partial charge in [-0.2, -0.15) is 0 Å². The van der Waals surface area contributed by atoms with E-state index in [9.17, 15) is 4.79 Å². The maximum absolute atomic E-state index is 14.1. The van der Waals surface area contributed by atoms with Gasteiger partial charge in [0.1, 0.15) is 18.1 Å². The number of allylic oxidation sites excluding steroid dienone is 1. The summed E-state index contributed by atoms with van der Waals surface area (Å²) in [5.74, 6) is 1.46. The van der Waals surface area contributed by atoms with Gasteiger partial charge in [-0.05, 0) is 59.9 Å². The van der Waals surface area contributed by atoms with Gasteiger partial charge in [-0.3, -0.25) is 9.36 Å². The number of nitrogens with zero attached hydrogens (tertiary/aromatic N) is 2. The van der Waals surface area contributed by atoms with E-state index < -0.39 is 0 Å². The third-order valence-electron chi connectivity index (χ3n) is 7.81. The molecule has 0 bridgehead atoms. The molecule has 0 amide bonds. The Bertz CT molecular complexity index is 2040. The highest BCUT2D eigenvalue weighted by Gasteiger charge is 2.33. The van der Waals surface area contributed by atoms with Crippen LogP contribution < -0.4 is 24.4 Å². The maximum Gasteiger partial charge on any atom is 0.271 e. The fourth-order valence-electron chi connectivity index (χ4n) is 5.81. The van der Waals surface area contributed by atoms with E-state index >= 15 is 0 Å². The summed E-state index contributed by atoms with van der Waals surface area (Å²) in [5, 5.41) is 0.671. The maximum atomic E-state index is 14.1. The molecule has 208 valence electrons. The number of fused-ring (bicyclic) bond motifs is 3. The van der Waals surface area contributed by atoms with E-state index in [0.29, 0.717) is 26.7 Å². The molecule has 4 aromatic carbocycles. The van der Waals surface area contributed by atoms with Gasteiger partial charge in [0, 0.05) is 21.7 Å². The summed E-state index contributed by atoms with van der Waals surface area (Å²) in [6.45, 7) is 0.358. The second-order valence-electron chi connectivity index (χ2n) is 10.3. The fraction of sp³-hybridized carbons (Fsp3) is 0.143. The summed E-state index contributed by atoms with van der Waals surface area (Å²) in [7, 11) is 1.68. The lowest BCUT2D eigenvalue weighted by molar-refractivity contribution is 0.306. The zero-order chi connectivity index (χ0) is 28.6. The van der Waals surface area contributed by atoms with Crippen LogP contribution in [0.4, 0.5) is 0 Å². The van der Waals surface area contributed by atoms with Crippen molar-refractivity contribution < 1.29 is 9.47 Å². The SMILES string of the molecule is COc1ccccc1C1C2=C(N=c3s/c(=C\c4cccc(OCc5ccccc5Cl)c4)c(=O)n31)c1ccccc1CC2. The van der Waals surface area contributed by atoms with Crippen molar-refractivity contribution in [1.82, 2.24) is 4.57 Å². The van der Waals surface area contributed by atoms with Crippen LogP contribution >= 0.6 is 22.9 Å². The quantitative estimate of drug-likeness (QED) is 0.225. The molecular formula is C35H27ClN2O3S. The zero-order valence-electron chi connectivity index (χ0n) is 22.9. The fourth-order valence-corrected chi connectivity index (χ4v) is 7.00. The summed E-state index contributed by atoms with van der Waals surface area (Å²) in [6, 6.07) is 31.5. The number of aromatic nitrogens is 1. The van der Waals surface area contributed by atoms with Crippen LogP contribution in [-0.4, -0.2) is 11.7 Å². The highest BCUT2D eigenvalue weighted by atomic mass is 35.5. The Kier molecular flexibility index (Phi) is 7.02. The molecule has 2 aliphatic rings. The first-order valence-corrected chi connectivity index (χ1v) is 15.0. The van der Waals surface area contributed by atoms with Gasteiger partial charge in [0.2, 0.25) is 0 Å². The Labute approximate surface area is 252 Å². The molecular weight excluding hydrogens is 564 g/mol. The summed E-state index contributed by atoms with van der Waals surface area (Å²) < 4.78 is 14.3. The van der Waals surface area contributed by atoms with Crippen molar-refractivity contribution in [2.24, 2.45) is 4.99 Å². The largest absolute Gasteiger partial charge is 0.496 e. The molecule has 1 aromatic heterocycles. The number of methoxy groups -OCH3 is 1. The number of aryl methyl sites for hydroxylation is 1. The average molecular weight is 591 g/mol. The van der Waals surface area contributed by atoms with E-state index in [1.165, 1.54) is 16.9 Å². The van der Waals surface area contributed by atoms with Crippen LogP contribution in [-0.2, 0) is 13.0 Å². The molecule has 0 N–H and O–H groups in total. The molecule has 0 spiro atoms. The Balaban J connectivity index is 1.34. The molecule has 0 fully saturated rings. The van der Waals surface area contributed by atoms with Crippen LogP contribution in [0.3, 0.4) is 0 Å². The number of thiazole rings is 1. The molecule has 7 rings (SSSR count). The zero-order valence-corrected chi connectivity index (χ0v) is 24.5. The smallest absolute Gasteiger partial charge is 0.271 e. The average Bonchev–Trinajstić information content (AvgIpc) is 3.33. The summed E-state index contributed by atoms with van der Waals surface area (Å²) in [5.41, 5.74) is 7.22. The Hall–Kier alpha value is -4.39. The van der Waals surface area contributed by atoms with Gasteiger partial charge in [0.25, 0.3) is 5.56 Å². The van der Waals surface area contributed by atoms with Crippen molar-refractivity contribution in [1.29, 1.82) is 0 Å². The number of rotatable bonds is 6. The van der Waals surface area contributed by atoms with Crippen molar-refractivity contribution in [2.75, 3.05) is 7.11 Å². The van der Waals surface area contributed by atoms with Crippen LogP contribution in [0.25, 0.3) is 11.8 Å². The molecule has 1 aliphatic carbocycles. The highest BCUT2D eigenvalue weighted by molar-refractivity contribution is 7.07. The predicted molar refractivity (Wildman–Crippen MR) is 168 cm³/mol. The highest BCUT2D eigenvalue weighted by Crippen LogP contribution is 2.43. The molecule has 7 heteroatoms. The predicted octanol–water partition coefficient (Wildman–Crippen LogP) is 6.56. The lowest BCUT2D eigenvalue weighted by atomic mass is 9.83. The minimum Gasteiger partial charge on any atom is -0.496 e. The topological polar surface area (TPSA) is 52.8 Å². The summed E-state index contributed by atoms with van der Waals surface area (Å²) >= 11 is 7.71. The van der Waals surface area contributed by atoms with Crippen molar-refractivity contribution in [3.8, 4) is 11.5 Å². The number of para-hydroxylation sites is 1. The van der Waals surface area contributed by atoms with Gasteiger partial charge in [0.05, 0.1) is 23.4 Å². The van der Waals surface area contributed by atoms with Crippen molar-refractivity contribution in [3.05, 3.63) is 155 Å². The molecule has 2 heterocycles. The van der Waals surface area contributed by atoms with E-state index in [0.717, 1.165) is 52.1 Å². The van der Waals surface area contributed by atoms with Crippen LogP contribution in [0.2, 0.25) is 5.02 Å². The van der Waals surface area contributed by atoms with Crippen LogP contribution in [0, 0.1) is 0 Å². The van der Waals surface area contributed by atoms with Gasteiger partial charge in [-0.1, -0.05) is 95.7 Å². The van der Waals surface area contributed by atoms with Gasteiger partial charge in [0.15, 0.2) is 4.80 Å². The molecule has 0 saturated carbocycles. The van der Waals surface area contributed by atoms with E-state index in [1.54, 1.807) is 7.11 Å². The molecule has 5 nitrogen and oxygen atoms in total. The second-order valence-corrected chi connectivity index (χ2v) is 11.7. The first-order chi connectivity index (χ1) is 20.6. The number of halogens is 1. The van der Waals surface area contributed by atoms with E-state index in [-0.39, 0.29) is 11.6 Å². The molecule has 1 unspecified atom stereocenters. The van der Waals surface area contributed by atoms with Gasteiger partial charge in [-0.15, -0.1) is 0 Å². The first kappa shape index (κ1) is 26.5. The van der Waals surface area contributed by atoms with Crippen molar-refractivity contribution in [3.63, 3.8) is 0 Å². The number of ether oxygens (including phenoxy) is 2. The van der Waals surface area contributed by atoms with Crippen LogP contribution in [0.15, 0.2) is 112 Å². The second kappa shape index (κ2) is 11.1. The van der Waals surface area contributed by atoms with E-state index in [4.69, 9.17) is 26.1 Å². The first-order valence-electron chi connectivity index (χ1n) is 13.8. The van der Waals surface area contributed by atoms with Gasteiger partial charge >= 0.3 is 0 Å². The molecule has 5 aromatic rings. The van der Waals surface area contributed by atoms with E-state index in [1.807, 2.05) is 77.4 Å². The Morgan fingerprint density at radius 1 is 0.976 bits per heavy atom. The molecule has 1 aliphatic heterocycles. The van der Waals surface area contributed by atoms with Crippen molar-refractivity contribution >= 4 is 34.7 Å². The number of hydrogen-bond acceptors (Lipinski definition) is 5. The van der Waals surface area contributed by atoms with Gasteiger partial charge < -0.3 is 9.47 Å². The number of benzene rings is 4. The lowest BCUT2D eigenvalue weighted by Crippen LogP contribution is -2.39. The van der Waals surface area contributed by atoms with Crippen LogP contribution in [0.5, 0.6) is 11.5 Å². The van der Waals surface area contributed by atoms with Gasteiger partial charge in [-0.25, -0.2) is 4.99 Å².